The molecule has 1 fully saturated rings. The van der Waals surface area contributed by atoms with Crippen LogP contribution in [0.15, 0.2) is 24.3 Å². The Labute approximate surface area is 135 Å². The van der Waals surface area contributed by atoms with Crippen molar-refractivity contribution >= 4 is 34.9 Å². The van der Waals surface area contributed by atoms with Crippen LogP contribution in [0.25, 0.3) is 0 Å². The average molecular weight is 320 g/mol. The largest absolute Gasteiger partial charge is 0.462 e. The van der Waals surface area contributed by atoms with Crippen LogP contribution in [-0.4, -0.2) is 23.6 Å². The number of nitrogens with one attached hydrogen (secondary N) is 2. The molecule has 2 rings (SSSR count). The van der Waals surface area contributed by atoms with Gasteiger partial charge in [-0.3, -0.25) is 4.79 Å². The smallest absolute Gasteiger partial charge is 0.338 e. The summed E-state index contributed by atoms with van der Waals surface area (Å²) in [5.41, 5.74) is 1.19. The minimum atomic E-state index is -0.355. The van der Waals surface area contributed by atoms with Crippen LogP contribution in [0.4, 0.5) is 5.69 Å². The molecule has 1 saturated carbocycles. The van der Waals surface area contributed by atoms with Crippen LogP contribution in [0.1, 0.15) is 43.0 Å². The summed E-state index contributed by atoms with van der Waals surface area (Å²) in [6, 6.07) is 6.75. The molecule has 118 valence electrons. The van der Waals surface area contributed by atoms with Gasteiger partial charge in [0, 0.05) is 11.6 Å². The van der Waals surface area contributed by atoms with E-state index in [0.717, 1.165) is 25.7 Å². The third kappa shape index (κ3) is 4.53. The monoisotopic (exact) mass is 320 g/mol. The molecule has 0 aliphatic heterocycles. The van der Waals surface area contributed by atoms with E-state index in [2.05, 4.69) is 10.6 Å². The zero-order chi connectivity index (χ0) is 15.9. The van der Waals surface area contributed by atoms with Gasteiger partial charge in [0.2, 0.25) is 5.91 Å². The van der Waals surface area contributed by atoms with E-state index in [1.54, 1.807) is 31.2 Å². The quantitative estimate of drug-likeness (QED) is 0.659. The van der Waals surface area contributed by atoms with Crippen molar-refractivity contribution in [1.82, 2.24) is 5.32 Å². The van der Waals surface area contributed by atoms with Crippen molar-refractivity contribution in [1.29, 1.82) is 0 Å². The summed E-state index contributed by atoms with van der Waals surface area (Å²) in [5, 5.41) is 5.94. The first-order valence-electron chi connectivity index (χ1n) is 7.49. The first-order valence-corrected chi connectivity index (χ1v) is 7.90. The lowest BCUT2D eigenvalue weighted by Gasteiger charge is -2.13. The highest BCUT2D eigenvalue weighted by atomic mass is 32.1. The molecule has 5 nitrogen and oxygen atoms in total. The van der Waals surface area contributed by atoms with Gasteiger partial charge in [0.25, 0.3) is 0 Å². The SMILES string of the molecule is CCOC(=O)c1ccc(NC(=S)NC(=O)C2CCCC2)cc1. The van der Waals surface area contributed by atoms with E-state index in [0.29, 0.717) is 17.9 Å². The Kier molecular flexibility index (Phi) is 5.89. The standard InChI is InChI=1S/C16H20N2O3S/c1-2-21-15(20)12-7-9-13(10-8-12)17-16(22)18-14(19)11-5-3-4-6-11/h7-11H,2-6H2,1H3,(H2,17,18,19,22). The van der Waals surface area contributed by atoms with Crippen molar-refractivity contribution < 1.29 is 14.3 Å². The lowest BCUT2D eigenvalue weighted by Crippen LogP contribution is -2.37. The number of esters is 1. The normalized spacial score (nSPS) is 14.4. The molecule has 0 radical (unpaired) electrons. The molecule has 0 atom stereocenters. The Morgan fingerprint density at radius 1 is 1.23 bits per heavy atom. The second-order valence-electron chi connectivity index (χ2n) is 5.22. The van der Waals surface area contributed by atoms with Gasteiger partial charge >= 0.3 is 5.97 Å². The molecule has 0 unspecified atom stereocenters. The van der Waals surface area contributed by atoms with E-state index in [-0.39, 0.29) is 22.9 Å². The lowest BCUT2D eigenvalue weighted by atomic mass is 10.1. The highest BCUT2D eigenvalue weighted by molar-refractivity contribution is 7.80. The number of ether oxygens (including phenoxy) is 1. The van der Waals surface area contributed by atoms with Crippen molar-refractivity contribution in [3.05, 3.63) is 29.8 Å². The van der Waals surface area contributed by atoms with Gasteiger partial charge in [-0.1, -0.05) is 12.8 Å². The van der Waals surface area contributed by atoms with Crippen LogP contribution in [-0.2, 0) is 9.53 Å². The Hall–Kier alpha value is -1.95. The second kappa shape index (κ2) is 7.89. The van der Waals surface area contributed by atoms with E-state index < -0.39 is 0 Å². The number of benzene rings is 1. The Morgan fingerprint density at radius 3 is 2.45 bits per heavy atom. The molecule has 1 amide bonds. The van der Waals surface area contributed by atoms with E-state index in [1.807, 2.05) is 0 Å². The maximum atomic E-state index is 12.0. The highest BCUT2D eigenvalue weighted by Crippen LogP contribution is 2.24. The molecule has 0 spiro atoms. The maximum Gasteiger partial charge on any atom is 0.338 e. The van der Waals surface area contributed by atoms with Gasteiger partial charge in [0.1, 0.15) is 0 Å². The molecule has 0 heterocycles. The van der Waals surface area contributed by atoms with Crippen LogP contribution in [0.3, 0.4) is 0 Å². The predicted molar refractivity (Wildman–Crippen MR) is 88.7 cm³/mol. The Morgan fingerprint density at radius 2 is 1.86 bits per heavy atom. The fourth-order valence-electron chi connectivity index (χ4n) is 2.47. The van der Waals surface area contributed by atoms with Crippen molar-refractivity contribution in [2.75, 3.05) is 11.9 Å². The van der Waals surface area contributed by atoms with Gasteiger partial charge in [0.15, 0.2) is 5.11 Å². The average Bonchev–Trinajstić information content (AvgIpc) is 3.02. The fourth-order valence-corrected chi connectivity index (χ4v) is 2.69. The van der Waals surface area contributed by atoms with Gasteiger partial charge in [-0.05, 0) is 56.2 Å². The molecule has 1 aromatic carbocycles. The molecule has 1 aliphatic carbocycles. The molecule has 1 aliphatic rings. The summed E-state index contributed by atoms with van der Waals surface area (Å²) >= 11 is 5.14. The molecule has 0 saturated heterocycles. The molecule has 0 aromatic heterocycles. The van der Waals surface area contributed by atoms with Crippen molar-refractivity contribution in [2.24, 2.45) is 5.92 Å². The van der Waals surface area contributed by atoms with Crippen molar-refractivity contribution in [2.45, 2.75) is 32.6 Å². The second-order valence-corrected chi connectivity index (χ2v) is 5.63. The first-order chi connectivity index (χ1) is 10.6. The van der Waals surface area contributed by atoms with E-state index in [9.17, 15) is 9.59 Å². The van der Waals surface area contributed by atoms with Crippen molar-refractivity contribution in [3.8, 4) is 0 Å². The number of carbonyl (C=O) groups excluding carboxylic acids is 2. The summed E-state index contributed by atoms with van der Waals surface area (Å²) in [6.07, 6.45) is 4.08. The zero-order valence-corrected chi connectivity index (χ0v) is 13.4. The van der Waals surface area contributed by atoms with Crippen molar-refractivity contribution in [3.63, 3.8) is 0 Å². The number of amides is 1. The third-order valence-corrected chi connectivity index (χ3v) is 3.82. The van der Waals surface area contributed by atoms with Gasteiger partial charge in [-0.15, -0.1) is 0 Å². The number of rotatable bonds is 4. The molecule has 1 aromatic rings. The first kappa shape index (κ1) is 16.4. The minimum Gasteiger partial charge on any atom is -0.462 e. The topological polar surface area (TPSA) is 67.4 Å². The zero-order valence-electron chi connectivity index (χ0n) is 12.6. The summed E-state index contributed by atoms with van der Waals surface area (Å²) in [5.74, 6) is -0.296. The van der Waals surface area contributed by atoms with Crippen LogP contribution < -0.4 is 10.6 Å². The minimum absolute atomic E-state index is 0.0156. The van der Waals surface area contributed by atoms with Crippen LogP contribution in [0.5, 0.6) is 0 Å². The number of anilines is 1. The number of hydrogen-bond acceptors (Lipinski definition) is 4. The van der Waals surface area contributed by atoms with Gasteiger partial charge < -0.3 is 15.4 Å². The molecule has 2 N–H and O–H groups in total. The van der Waals surface area contributed by atoms with E-state index in [1.165, 1.54) is 0 Å². The van der Waals surface area contributed by atoms with Crippen LogP contribution >= 0.6 is 12.2 Å². The molecule has 22 heavy (non-hydrogen) atoms. The van der Waals surface area contributed by atoms with Gasteiger partial charge in [0.05, 0.1) is 12.2 Å². The summed E-state index contributed by atoms with van der Waals surface area (Å²) in [7, 11) is 0. The molecule has 0 bridgehead atoms. The summed E-state index contributed by atoms with van der Waals surface area (Å²) in [6.45, 7) is 2.11. The summed E-state index contributed by atoms with van der Waals surface area (Å²) < 4.78 is 4.92. The predicted octanol–water partition coefficient (Wildman–Crippen LogP) is 2.87. The fraction of sp³-hybridized carbons (Fsp3) is 0.438. The highest BCUT2D eigenvalue weighted by Gasteiger charge is 2.23. The number of thiocarbonyl (C=S) groups is 1. The Bertz CT molecular complexity index is 551. The van der Waals surface area contributed by atoms with Gasteiger partial charge in [-0.25, -0.2) is 4.79 Å². The van der Waals surface area contributed by atoms with E-state index in [4.69, 9.17) is 17.0 Å². The number of carbonyl (C=O) groups is 2. The summed E-state index contributed by atoms with van der Waals surface area (Å²) in [4.78, 5) is 23.5. The molecular formula is C16H20N2O3S. The lowest BCUT2D eigenvalue weighted by molar-refractivity contribution is -0.123. The van der Waals surface area contributed by atoms with Crippen LogP contribution in [0.2, 0.25) is 0 Å². The number of hydrogen-bond donors (Lipinski definition) is 2. The van der Waals surface area contributed by atoms with Crippen LogP contribution in [0, 0.1) is 5.92 Å². The maximum absolute atomic E-state index is 12.0. The van der Waals surface area contributed by atoms with Gasteiger partial charge in [-0.2, -0.15) is 0 Å². The molecular weight excluding hydrogens is 300 g/mol. The Balaban J connectivity index is 1.86. The third-order valence-electron chi connectivity index (χ3n) is 3.62. The van der Waals surface area contributed by atoms with E-state index >= 15 is 0 Å². The molecule has 6 heteroatoms.